The van der Waals surface area contributed by atoms with Gasteiger partial charge < -0.3 is 24.5 Å². The highest BCUT2D eigenvalue weighted by atomic mass is 16.5. The van der Waals surface area contributed by atoms with Crippen molar-refractivity contribution in [2.24, 2.45) is 7.05 Å². The first-order valence-corrected chi connectivity index (χ1v) is 9.70. The number of aryl methyl sites for hydroxylation is 2. The minimum Gasteiger partial charge on any atom is -0.491 e. The lowest BCUT2D eigenvalue weighted by molar-refractivity contribution is 0.0938. The number of rotatable bonds is 10. The van der Waals surface area contributed by atoms with Gasteiger partial charge in [-0.3, -0.25) is 14.3 Å². The standard InChI is InChI=1S/C20H27N5O5/c1-13-5-7-15(8-6-13)30-12-14(26)11-25-16-17(24(2)20(28)23-18(16)27)22-19(25)21-9-4-10-29-3/h5-8,14,26H,4,9-12H2,1-3H3,(H,21,22)(H,23,27,28)/t14-/m1/s1. The largest absolute Gasteiger partial charge is 0.491 e. The van der Waals surface area contributed by atoms with Crippen LogP contribution in [0.4, 0.5) is 5.95 Å². The van der Waals surface area contributed by atoms with Gasteiger partial charge >= 0.3 is 5.69 Å². The summed E-state index contributed by atoms with van der Waals surface area (Å²) in [4.78, 5) is 31.1. The third-order valence-corrected chi connectivity index (χ3v) is 4.67. The van der Waals surface area contributed by atoms with Crippen molar-refractivity contribution in [3.05, 3.63) is 50.7 Å². The van der Waals surface area contributed by atoms with E-state index in [0.717, 1.165) is 12.0 Å². The van der Waals surface area contributed by atoms with Crippen LogP contribution in [0, 0.1) is 6.92 Å². The average molecular weight is 417 g/mol. The normalized spacial score (nSPS) is 12.3. The predicted octanol–water partition coefficient (Wildman–Crippen LogP) is 0.620. The molecular formula is C20H27N5O5. The number of methoxy groups -OCH3 is 1. The van der Waals surface area contributed by atoms with E-state index in [2.05, 4.69) is 15.3 Å². The van der Waals surface area contributed by atoms with Gasteiger partial charge in [0.1, 0.15) is 18.5 Å². The summed E-state index contributed by atoms with van der Waals surface area (Å²) < 4.78 is 13.5. The summed E-state index contributed by atoms with van der Waals surface area (Å²) in [6.45, 7) is 3.21. The second-order valence-electron chi connectivity index (χ2n) is 7.09. The molecule has 1 aromatic carbocycles. The van der Waals surface area contributed by atoms with E-state index in [0.29, 0.717) is 24.8 Å². The van der Waals surface area contributed by atoms with E-state index in [4.69, 9.17) is 9.47 Å². The fraction of sp³-hybridized carbons (Fsp3) is 0.450. The Morgan fingerprint density at radius 1 is 1.27 bits per heavy atom. The zero-order valence-corrected chi connectivity index (χ0v) is 17.3. The Hall–Kier alpha value is -3.11. The Morgan fingerprint density at radius 2 is 2.00 bits per heavy atom. The molecule has 0 aliphatic carbocycles. The van der Waals surface area contributed by atoms with Crippen LogP contribution >= 0.6 is 0 Å². The van der Waals surface area contributed by atoms with Crippen molar-refractivity contribution in [2.75, 3.05) is 32.2 Å². The minimum atomic E-state index is -0.903. The van der Waals surface area contributed by atoms with Gasteiger partial charge in [0, 0.05) is 27.3 Å². The molecule has 0 fully saturated rings. The number of fused-ring (bicyclic) bond motifs is 1. The van der Waals surface area contributed by atoms with Crippen LogP contribution in [0.1, 0.15) is 12.0 Å². The van der Waals surface area contributed by atoms with Gasteiger partial charge in [0.25, 0.3) is 5.56 Å². The van der Waals surface area contributed by atoms with Crippen LogP contribution in [0.15, 0.2) is 33.9 Å². The third kappa shape index (κ3) is 4.89. The van der Waals surface area contributed by atoms with Crippen LogP contribution in [0.3, 0.4) is 0 Å². The van der Waals surface area contributed by atoms with E-state index in [1.807, 2.05) is 31.2 Å². The SMILES string of the molecule is COCCCNc1nc2c(c(=O)[nH]c(=O)n2C)n1C[C@@H](O)COc1ccc(C)cc1. The van der Waals surface area contributed by atoms with Crippen molar-refractivity contribution < 1.29 is 14.6 Å². The molecule has 0 spiro atoms. The van der Waals surface area contributed by atoms with Crippen LogP contribution in [0.2, 0.25) is 0 Å². The van der Waals surface area contributed by atoms with E-state index in [-0.39, 0.29) is 24.3 Å². The molecule has 3 rings (SSSR count). The van der Waals surface area contributed by atoms with Crippen LogP contribution in [0.5, 0.6) is 5.75 Å². The summed E-state index contributed by atoms with van der Waals surface area (Å²) in [6.07, 6.45) is -0.173. The smallest absolute Gasteiger partial charge is 0.329 e. The molecule has 10 heteroatoms. The molecular weight excluding hydrogens is 390 g/mol. The number of nitrogens with zero attached hydrogens (tertiary/aromatic N) is 3. The lowest BCUT2D eigenvalue weighted by Gasteiger charge is -2.16. The molecule has 2 heterocycles. The highest BCUT2D eigenvalue weighted by Gasteiger charge is 2.19. The number of hydrogen-bond donors (Lipinski definition) is 3. The van der Waals surface area contributed by atoms with E-state index in [9.17, 15) is 14.7 Å². The van der Waals surface area contributed by atoms with Crippen molar-refractivity contribution in [3.8, 4) is 5.75 Å². The number of ether oxygens (including phenoxy) is 2. The fourth-order valence-electron chi connectivity index (χ4n) is 3.05. The molecule has 1 atom stereocenters. The lowest BCUT2D eigenvalue weighted by Crippen LogP contribution is -2.31. The van der Waals surface area contributed by atoms with Crippen molar-refractivity contribution in [1.82, 2.24) is 19.1 Å². The molecule has 3 N–H and O–H groups in total. The van der Waals surface area contributed by atoms with Gasteiger partial charge in [0.15, 0.2) is 11.2 Å². The molecule has 0 saturated heterocycles. The maximum Gasteiger partial charge on any atom is 0.329 e. The maximum atomic E-state index is 12.5. The molecule has 0 aliphatic rings. The van der Waals surface area contributed by atoms with Crippen LogP contribution in [-0.4, -0.2) is 57.2 Å². The summed E-state index contributed by atoms with van der Waals surface area (Å²) >= 11 is 0. The molecule has 30 heavy (non-hydrogen) atoms. The Labute approximate surface area is 173 Å². The summed E-state index contributed by atoms with van der Waals surface area (Å²) in [6, 6.07) is 7.51. The molecule has 0 unspecified atom stereocenters. The summed E-state index contributed by atoms with van der Waals surface area (Å²) in [7, 11) is 3.15. The quantitative estimate of drug-likeness (QED) is 0.413. The molecule has 2 aromatic heterocycles. The van der Waals surface area contributed by atoms with Gasteiger partial charge in [-0.05, 0) is 25.5 Å². The number of nitrogens with one attached hydrogen (secondary N) is 2. The van der Waals surface area contributed by atoms with Crippen LogP contribution in [0.25, 0.3) is 11.2 Å². The summed E-state index contributed by atoms with van der Waals surface area (Å²) in [5.41, 5.74) is 0.454. The second-order valence-corrected chi connectivity index (χ2v) is 7.09. The van der Waals surface area contributed by atoms with Gasteiger partial charge in [-0.1, -0.05) is 17.7 Å². The van der Waals surface area contributed by atoms with Crippen molar-refractivity contribution in [3.63, 3.8) is 0 Å². The number of hydrogen-bond acceptors (Lipinski definition) is 7. The molecule has 3 aromatic rings. The molecule has 162 valence electrons. The predicted molar refractivity (Wildman–Crippen MR) is 113 cm³/mol. The molecule has 10 nitrogen and oxygen atoms in total. The number of benzene rings is 1. The zero-order chi connectivity index (χ0) is 21.7. The number of aliphatic hydroxyl groups excluding tert-OH is 1. The average Bonchev–Trinajstić information content (AvgIpc) is 3.08. The summed E-state index contributed by atoms with van der Waals surface area (Å²) in [5, 5.41) is 13.7. The molecule has 0 radical (unpaired) electrons. The van der Waals surface area contributed by atoms with Gasteiger partial charge in [-0.25, -0.2) is 4.79 Å². The number of aromatic amines is 1. The van der Waals surface area contributed by atoms with E-state index in [1.165, 1.54) is 11.6 Å². The lowest BCUT2D eigenvalue weighted by atomic mass is 10.2. The number of anilines is 1. The Bertz CT molecular complexity index is 1100. The molecule has 0 amide bonds. The Morgan fingerprint density at radius 3 is 2.70 bits per heavy atom. The number of imidazole rings is 1. The van der Waals surface area contributed by atoms with Crippen molar-refractivity contribution >= 4 is 17.1 Å². The minimum absolute atomic E-state index is 0.0372. The van der Waals surface area contributed by atoms with E-state index in [1.54, 1.807) is 11.7 Å². The molecule has 0 saturated carbocycles. The first-order chi connectivity index (χ1) is 14.4. The Balaban J connectivity index is 1.84. The van der Waals surface area contributed by atoms with Gasteiger partial charge in [-0.2, -0.15) is 4.98 Å². The third-order valence-electron chi connectivity index (χ3n) is 4.67. The van der Waals surface area contributed by atoms with Crippen LogP contribution < -0.4 is 21.3 Å². The number of aliphatic hydroxyl groups is 1. The van der Waals surface area contributed by atoms with E-state index >= 15 is 0 Å². The monoisotopic (exact) mass is 417 g/mol. The first-order valence-electron chi connectivity index (χ1n) is 9.70. The maximum absolute atomic E-state index is 12.5. The second kappa shape index (κ2) is 9.59. The zero-order valence-electron chi connectivity index (χ0n) is 17.3. The molecule has 0 aliphatic heterocycles. The molecule has 0 bridgehead atoms. The van der Waals surface area contributed by atoms with Gasteiger partial charge in [0.2, 0.25) is 5.95 Å². The fourth-order valence-corrected chi connectivity index (χ4v) is 3.05. The summed E-state index contributed by atoms with van der Waals surface area (Å²) in [5.74, 6) is 1.04. The van der Waals surface area contributed by atoms with Gasteiger partial charge in [0.05, 0.1) is 6.54 Å². The van der Waals surface area contributed by atoms with E-state index < -0.39 is 17.4 Å². The highest BCUT2D eigenvalue weighted by molar-refractivity contribution is 5.74. The number of aromatic nitrogens is 4. The van der Waals surface area contributed by atoms with Crippen molar-refractivity contribution in [2.45, 2.75) is 26.0 Å². The highest BCUT2D eigenvalue weighted by Crippen LogP contribution is 2.17. The topological polar surface area (TPSA) is 123 Å². The van der Waals surface area contributed by atoms with Crippen molar-refractivity contribution in [1.29, 1.82) is 0 Å². The van der Waals surface area contributed by atoms with Crippen LogP contribution in [-0.2, 0) is 18.3 Å². The Kier molecular flexibility index (Phi) is 6.91. The first kappa shape index (κ1) is 21.6. The number of H-pyrrole nitrogens is 1. The van der Waals surface area contributed by atoms with Gasteiger partial charge in [-0.15, -0.1) is 0 Å².